The Hall–Kier alpha value is -1.73. The van der Waals surface area contributed by atoms with E-state index < -0.39 is 5.54 Å². The molecule has 0 saturated heterocycles. The molecular formula is C14H18ClN3O. The van der Waals surface area contributed by atoms with Gasteiger partial charge in [-0.15, -0.1) is 0 Å². The highest BCUT2D eigenvalue weighted by Crippen LogP contribution is 2.16. The molecule has 1 aromatic rings. The van der Waals surface area contributed by atoms with Gasteiger partial charge in [0.2, 0.25) is 5.91 Å². The van der Waals surface area contributed by atoms with E-state index in [0.29, 0.717) is 5.02 Å². The summed E-state index contributed by atoms with van der Waals surface area (Å²) in [5.41, 5.74) is -0.0848. The van der Waals surface area contributed by atoms with Crippen molar-refractivity contribution in [2.24, 2.45) is 5.92 Å². The minimum absolute atomic E-state index is 0.0348. The van der Waals surface area contributed by atoms with Gasteiger partial charge in [0.15, 0.2) is 0 Å². The van der Waals surface area contributed by atoms with Crippen LogP contribution in [0.1, 0.15) is 20.8 Å². The van der Waals surface area contributed by atoms with E-state index in [1.165, 1.54) is 0 Å². The molecule has 0 aliphatic rings. The van der Waals surface area contributed by atoms with Gasteiger partial charge in [-0.05, 0) is 31.0 Å². The van der Waals surface area contributed by atoms with E-state index >= 15 is 0 Å². The number of hydrogen-bond acceptors (Lipinski definition) is 3. The van der Waals surface area contributed by atoms with Crippen molar-refractivity contribution in [1.29, 1.82) is 5.26 Å². The number of carbonyl (C=O) groups excluding carboxylic acids is 1. The van der Waals surface area contributed by atoms with Crippen molar-refractivity contribution in [3.8, 4) is 6.07 Å². The predicted molar refractivity (Wildman–Crippen MR) is 76.9 cm³/mol. The van der Waals surface area contributed by atoms with Crippen molar-refractivity contribution in [3.05, 3.63) is 29.3 Å². The maximum absolute atomic E-state index is 11.8. The van der Waals surface area contributed by atoms with Gasteiger partial charge in [0.1, 0.15) is 5.54 Å². The SMILES string of the molecule is CC(C)[C@](C)(C#N)NC(=O)CNc1cccc(Cl)c1. The van der Waals surface area contributed by atoms with Crippen LogP contribution >= 0.6 is 11.6 Å². The van der Waals surface area contributed by atoms with Crippen molar-refractivity contribution in [2.75, 3.05) is 11.9 Å². The lowest BCUT2D eigenvalue weighted by atomic mass is 9.90. The molecule has 1 rings (SSSR count). The topological polar surface area (TPSA) is 64.9 Å². The normalized spacial score (nSPS) is 13.5. The molecule has 0 fully saturated rings. The molecular weight excluding hydrogens is 262 g/mol. The van der Waals surface area contributed by atoms with Crippen molar-refractivity contribution in [1.82, 2.24) is 5.32 Å². The van der Waals surface area contributed by atoms with Crippen molar-refractivity contribution in [2.45, 2.75) is 26.3 Å². The van der Waals surface area contributed by atoms with Gasteiger partial charge < -0.3 is 10.6 Å². The molecule has 0 heterocycles. The Kier molecular flexibility index (Phi) is 5.20. The Morgan fingerprint density at radius 1 is 1.53 bits per heavy atom. The van der Waals surface area contributed by atoms with Gasteiger partial charge >= 0.3 is 0 Å². The molecule has 102 valence electrons. The first kappa shape index (κ1) is 15.3. The Balaban J connectivity index is 2.55. The molecule has 0 bridgehead atoms. The highest BCUT2D eigenvalue weighted by Gasteiger charge is 2.29. The second-order valence-corrected chi connectivity index (χ2v) is 5.32. The second-order valence-electron chi connectivity index (χ2n) is 4.88. The van der Waals surface area contributed by atoms with Crippen LogP contribution in [0.25, 0.3) is 0 Å². The second kappa shape index (κ2) is 6.44. The number of hydrogen-bond donors (Lipinski definition) is 2. The van der Waals surface area contributed by atoms with Gasteiger partial charge in [0.05, 0.1) is 12.6 Å². The molecule has 0 unspecified atom stereocenters. The zero-order valence-electron chi connectivity index (χ0n) is 11.3. The molecule has 0 aliphatic heterocycles. The molecule has 4 nitrogen and oxygen atoms in total. The smallest absolute Gasteiger partial charge is 0.240 e. The number of nitrogens with one attached hydrogen (secondary N) is 2. The first-order chi connectivity index (χ1) is 8.87. The van der Waals surface area contributed by atoms with Gasteiger partial charge in [-0.1, -0.05) is 31.5 Å². The maximum atomic E-state index is 11.8. The van der Waals surface area contributed by atoms with E-state index in [0.717, 1.165) is 5.69 Å². The third-order valence-corrected chi connectivity index (χ3v) is 3.30. The number of carbonyl (C=O) groups is 1. The van der Waals surface area contributed by atoms with Gasteiger partial charge in [0.25, 0.3) is 0 Å². The number of benzene rings is 1. The fourth-order valence-corrected chi connectivity index (χ4v) is 1.61. The van der Waals surface area contributed by atoms with Crippen LogP contribution < -0.4 is 10.6 Å². The Bertz CT molecular complexity index is 496. The van der Waals surface area contributed by atoms with Crippen LogP contribution in [0.5, 0.6) is 0 Å². The van der Waals surface area contributed by atoms with E-state index in [2.05, 4.69) is 16.7 Å². The lowest BCUT2D eigenvalue weighted by Gasteiger charge is -2.27. The summed E-state index contributed by atoms with van der Waals surface area (Å²) in [5, 5.41) is 15.4. The molecule has 0 aliphatic carbocycles. The summed E-state index contributed by atoms with van der Waals surface area (Å²) < 4.78 is 0. The zero-order chi connectivity index (χ0) is 14.5. The molecule has 1 amide bonds. The number of rotatable bonds is 5. The predicted octanol–water partition coefficient (Wildman–Crippen LogP) is 2.81. The van der Waals surface area contributed by atoms with Gasteiger partial charge in [-0.3, -0.25) is 4.79 Å². The first-order valence-electron chi connectivity index (χ1n) is 6.09. The summed E-state index contributed by atoms with van der Waals surface area (Å²) in [6, 6.07) is 9.26. The molecule has 19 heavy (non-hydrogen) atoms. The van der Waals surface area contributed by atoms with E-state index in [4.69, 9.17) is 16.9 Å². The molecule has 5 heteroatoms. The van der Waals surface area contributed by atoms with Crippen molar-refractivity contribution >= 4 is 23.2 Å². The van der Waals surface area contributed by atoms with Crippen LogP contribution in [0.3, 0.4) is 0 Å². The minimum atomic E-state index is -0.854. The summed E-state index contributed by atoms with van der Waals surface area (Å²) >= 11 is 5.85. The lowest BCUT2D eigenvalue weighted by molar-refractivity contribution is -0.121. The number of amides is 1. The molecule has 2 N–H and O–H groups in total. The summed E-state index contributed by atoms with van der Waals surface area (Å²) in [4.78, 5) is 11.8. The Labute approximate surface area is 118 Å². The highest BCUT2D eigenvalue weighted by atomic mass is 35.5. The first-order valence-corrected chi connectivity index (χ1v) is 6.47. The van der Waals surface area contributed by atoms with Crippen LogP contribution in [-0.4, -0.2) is 18.0 Å². The average Bonchev–Trinajstić information content (AvgIpc) is 2.36. The largest absolute Gasteiger partial charge is 0.376 e. The summed E-state index contributed by atoms with van der Waals surface area (Å²) in [6.45, 7) is 5.61. The lowest BCUT2D eigenvalue weighted by Crippen LogP contribution is -2.50. The van der Waals surface area contributed by atoms with E-state index in [9.17, 15) is 4.79 Å². The fourth-order valence-electron chi connectivity index (χ4n) is 1.42. The summed E-state index contributed by atoms with van der Waals surface area (Å²) in [5.74, 6) is -0.189. The molecule has 0 saturated carbocycles. The van der Waals surface area contributed by atoms with Crippen LogP contribution in [0.15, 0.2) is 24.3 Å². The number of nitriles is 1. The van der Waals surface area contributed by atoms with E-state index in [1.807, 2.05) is 19.9 Å². The van der Waals surface area contributed by atoms with Crippen LogP contribution in [0, 0.1) is 17.2 Å². The summed E-state index contributed by atoms with van der Waals surface area (Å²) in [7, 11) is 0. The number of nitrogens with zero attached hydrogens (tertiary/aromatic N) is 1. The van der Waals surface area contributed by atoms with Gasteiger partial charge in [0, 0.05) is 10.7 Å². The third-order valence-electron chi connectivity index (χ3n) is 3.06. The van der Waals surface area contributed by atoms with Crippen LogP contribution in [0.4, 0.5) is 5.69 Å². The molecule has 1 atom stereocenters. The molecule has 0 radical (unpaired) electrons. The Morgan fingerprint density at radius 2 is 2.21 bits per heavy atom. The van der Waals surface area contributed by atoms with Crippen LogP contribution in [-0.2, 0) is 4.79 Å². The third kappa shape index (κ3) is 4.46. The summed E-state index contributed by atoms with van der Waals surface area (Å²) in [6.07, 6.45) is 0. The maximum Gasteiger partial charge on any atom is 0.240 e. The number of anilines is 1. The van der Waals surface area contributed by atoms with Gasteiger partial charge in [-0.25, -0.2) is 0 Å². The van der Waals surface area contributed by atoms with Crippen molar-refractivity contribution in [3.63, 3.8) is 0 Å². The molecule has 0 spiro atoms. The van der Waals surface area contributed by atoms with E-state index in [1.54, 1.807) is 25.1 Å². The zero-order valence-corrected chi connectivity index (χ0v) is 12.1. The molecule has 0 aromatic heterocycles. The average molecular weight is 280 g/mol. The quantitative estimate of drug-likeness (QED) is 0.871. The monoisotopic (exact) mass is 279 g/mol. The standard InChI is InChI=1S/C14H18ClN3O/c1-10(2)14(3,9-16)18-13(19)8-17-12-6-4-5-11(15)7-12/h4-7,10,17H,8H2,1-3H3,(H,18,19)/t14-/m0/s1. The van der Waals surface area contributed by atoms with Crippen molar-refractivity contribution < 1.29 is 4.79 Å². The molecule has 1 aromatic carbocycles. The van der Waals surface area contributed by atoms with E-state index in [-0.39, 0.29) is 18.4 Å². The number of halogens is 1. The fraction of sp³-hybridized carbons (Fsp3) is 0.429. The van der Waals surface area contributed by atoms with Crippen LogP contribution in [0.2, 0.25) is 5.02 Å². The minimum Gasteiger partial charge on any atom is -0.376 e. The highest BCUT2D eigenvalue weighted by molar-refractivity contribution is 6.30. The Morgan fingerprint density at radius 3 is 2.74 bits per heavy atom. The van der Waals surface area contributed by atoms with Gasteiger partial charge in [-0.2, -0.15) is 5.26 Å².